The zero-order valence-electron chi connectivity index (χ0n) is 25.6. The summed E-state index contributed by atoms with van der Waals surface area (Å²) in [7, 11) is 0. The lowest BCUT2D eigenvalue weighted by Crippen LogP contribution is -2.67. The molecule has 230 valence electrons. The first-order chi connectivity index (χ1) is 21.0. The predicted octanol–water partition coefficient (Wildman–Crippen LogP) is 4.77. The first-order valence-corrected chi connectivity index (χ1v) is 16.5. The Kier molecular flexibility index (Phi) is 8.91. The van der Waals surface area contributed by atoms with Crippen LogP contribution in [-0.4, -0.2) is 60.4 Å². The van der Waals surface area contributed by atoms with Crippen LogP contribution in [0.2, 0.25) is 0 Å². The third-order valence-corrected chi connectivity index (χ3v) is 10.3. The Morgan fingerprint density at radius 2 is 1.67 bits per heavy atom. The molecule has 1 unspecified atom stereocenters. The van der Waals surface area contributed by atoms with Gasteiger partial charge in [-0.05, 0) is 55.7 Å². The van der Waals surface area contributed by atoms with Gasteiger partial charge in [-0.15, -0.1) is 0 Å². The second-order valence-corrected chi connectivity index (χ2v) is 12.8. The lowest BCUT2D eigenvalue weighted by molar-refractivity contribution is -0.146. The minimum absolute atomic E-state index is 0.0411. The number of piperazine rings is 1. The fourth-order valence-corrected chi connectivity index (χ4v) is 7.76. The van der Waals surface area contributed by atoms with Crippen LogP contribution in [0.25, 0.3) is 0 Å². The summed E-state index contributed by atoms with van der Waals surface area (Å²) in [6.07, 6.45) is 8.13. The van der Waals surface area contributed by atoms with E-state index in [0.29, 0.717) is 26.1 Å². The largest absolute Gasteiger partial charge is 0.493 e. The van der Waals surface area contributed by atoms with Crippen molar-refractivity contribution in [2.75, 3.05) is 24.6 Å². The number of rotatable bonds is 8. The van der Waals surface area contributed by atoms with Crippen LogP contribution in [0, 0.1) is 11.8 Å². The van der Waals surface area contributed by atoms with Crippen LogP contribution in [0.1, 0.15) is 82.4 Å². The molecule has 1 saturated heterocycles. The highest BCUT2D eigenvalue weighted by atomic mass is 16.5. The molecular formula is C35H46N4O4. The third-order valence-electron chi connectivity index (χ3n) is 10.3. The highest BCUT2D eigenvalue weighted by Gasteiger charge is 2.46. The molecule has 0 spiro atoms. The molecule has 2 aromatic carbocycles. The summed E-state index contributed by atoms with van der Waals surface area (Å²) in [6.45, 7) is 5.47. The molecule has 0 radical (unpaired) electrons. The second-order valence-electron chi connectivity index (χ2n) is 12.8. The van der Waals surface area contributed by atoms with E-state index in [4.69, 9.17) is 4.74 Å². The van der Waals surface area contributed by atoms with Crippen molar-refractivity contribution in [2.24, 2.45) is 11.8 Å². The quantitative estimate of drug-likeness (QED) is 0.465. The van der Waals surface area contributed by atoms with Crippen molar-refractivity contribution >= 4 is 23.4 Å². The Hall–Kier alpha value is -3.55. The van der Waals surface area contributed by atoms with Gasteiger partial charge in [0.2, 0.25) is 17.7 Å². The van der Waals surface area contributed by atoms with Crippen molar-refractivity contribution in [1.82, 2.24) is 15.5 Å². The van der Waals surface area contributed by atoms with E-state index in [1.54, 1.807) is 0 Å². The molecule has 3 amide bonds. The van der Waals surface area contributed by atoms with Crippen LogP contribution in [0.3, 0.4) is 0 Å². The van der Waals surface area contributed by atoms with Gasteiger partial charge in [-0.25, -0.2) is 0 Å². The maximum absolute atomic E-state index is 14.7. The third kappa shape index (κ3) is 5.98. The zero-order chi connectivity index (χ0) is 29.9. The molecule has 8 nitrogen and oxygen atoms in total. The van der Waals surface area contributed by atoms with Gasteiger partial charge in [0.1, 0.15) is 17.8 Å². The number of amides is 3. The van der Waals surface area contributed by atoms with Crippen molar-refractivity contribution in [3.63, 3.8) is 0 Å². The van der Waals surface area contributed by atoms with E-state index < -0.39 is 12.1 Å². The Morgan fingerprint density at radius 1 is 0.930 bits per heavy atom. The molecular weight excluding hydrogens is 540 g/mol. The van der Waals surface area contributed by atoms with Gasteiger partial charge >= 0.3 is 0 Å². The summed E-state index contributed by atoms with van der Waals surface area (Å²) in [4.78, 5) is 46.5. The molecule has 0 aromatic heterocycles. The number of benzene rings is 2. The van der Waals surface area contributed by atoms with E-state index in [0.717, 1.165) is 68.4 Å². The van der Waals surface area contributed by atoms with Gasteiger partial charge in [0, 0.05) is 36.7 Å². The average molecular weight is 587 g/mol. The zero-order valence-corrected chi connectivity index (χ0v) is 25.6. The number of carbonyl (C=O) groups excluding carboxylic acids is 3. The number of hydrogen-bond acceptors (Lipinski definition) is 5. The molecule has 8 heteroatoms. The molecule has 43 heavy (non-hydrogen) atoms. The molecule has 4 atom stereocenters. The van der Waals surface area contributed by atoms with Gasteiger partial charge in [-0.2, -0.15) is 0 Å². The second kappa shape index (κ2) is 13.0. The number of ether oxygens (including phenoxy) is 1. The summed E-state index contributed by atoms with van der Waals surface area (Å²) < 4.78 is 5.84. The van der Waals surface area contributed by atoms with E-state index in [1.165, 1.54) is 5.56 Å². The maximum atomic E-state index is 14.7. The predicted molar refractivity (Wildman–Crippen MR) is 167 cm³/mol. The highest BCUT2D eigenvalue weighted by Crippen LogP contribution is 2.37. The van der Waals surface area contributed by atoms with Crippen LogP contribution in [0.4, 0.5) is 5.69 Å². The molecule has 2 aromatic rings. The van der Waals surface area contributed by atoms with Crippen molar-refractivity contribution in [2.45, 2.75) is 95.8 Å². The number of fused-ring (bicyclic) bond motifs is 4. The summed E-state index contributed by atoms with van der Waals surface area (Å²) in [5, 5.41) is 6.53. The molecule has 0 bridgehead atoms. The SMILES string of the molecule is CCC(CC)C(=O)N[C@H](C(=O)N1CC2Cc3ccccc3N2C[C@H]1C(=O)N[C@@H]1CCOc2ccccc21)C1CCCCC1. The van der Waals surface area contributed by atoms with Crippen molar-refractivity contribution in [3.8, 4) is 5.75 Å². The fraction of sp³-hybridized carbons (Fsp3) is 0.571. The lowest BCUT2D eigenvalue weighted by atomic mass is 9.82. The van der Waals surface area contributed by atoms with E-state index in [-0.39, 0.29) is 41.6 Å². The van der Waals surface area contributed by atoms with Crippen molar-refractivity contribution < 1.29 is 19.1 Å². The van der Waals surface area contributed by atoms with Gasteiger partial charge in [0.15, 0.2) is 0 Å². The standard InChI is InChI=1S/C35H46N4O4/c1-3-23(4-2)33(40)37-32(24-12-6-5-7-13-24)35(42)39-21-26-20-25-14-8-10-16-29(25)38(26)22-30(39)34(41)36-28-18-19-43-31-17-11-9-15-27(28)31/h8-11,14-17,23-24,26,28,30,32H,3-7,12-13,18-22H2,1-2H3,(H,36,41)(H,37,40)/t26?,28-,30+,32+/m1/s1. The van der Waals surface area contributed by atoms with Crippen molar-refractivity contribution in [1.29, 1.82) is 0 Å². The normalized spacial score (nSPS) is 23.9. The van der Waals surface area contributed by atoms with Crippen LogP contribution >= 0.6 is 0 Å². The molecule has 2 fully saturated rings. The highest BCUT2D eigenvalue weighted by molar-refractivity contribution is 5.94. The smallest absolute Gasteiger partial charge is 0.246 e. The fourth-order valence-electron chi connectivity index (χ4n) is 7.76. The number of nitrogens with zero attached hydrogens (tertiary/aromatic N) is 2. The molecule has 3 heterocycles. The number of carbonyl (C=O) groups is 3. The Labute approximate surface area is 255 Å². The van der Waals surface area contributed by atoms with Crippen molar-refractivity contribution in [3.05, 3.63) is 59.7 Å². The van der Waals surface area contributed by atoms with Gasteiger partial charge in [0.05, 0.1) is 18.7 Å². The van der Waals surface area contributed by atoms with E-state index in [2.05, 4.69) is 33.7 Å². The van der Waals surface area contributed by atoms with Crippen LogP contribution in [0.15, 0.2) is 48.5 Å². The summed E-state index contributed by atoms with van der Waals surface area (Å²) in [5.74, 6) is 0.476. The van der Waals surface area contributed by atoms with Gasteiger partial charge < -0.3 is 25.2 Å². The van der Waals surface area contributed by atoms with Crippen LogP contribution in [-0.2, 0) is 20.8 Å². The minimum atomic E-state index is -0.666. The van der Waals surface area contributed by atoms with Crippen LogP contribution < -0.4 is 20.3 Å². The topological polar surface area (TPSA) is 91.0 Å². The van der Waals surface area contributed by atoms with Gasteiger partial charge in [-0.1, -0.05) is 69.5 Å². The number of para-hydroxylation sites is 2. The molecule has 2 N–H and O–H groups in total. The van der Waals surface area contributed by atoms with Crippen LogP contribution in [0.5, 0.6) is 5.75 Å². The minimum Gasteiger partial charge on any atom is -0.493 e. The van der Waals surface area contributed by atoms with E-state index in [1.807, 2.05) is 49.1 Å². The Morgan fingerprint density at radius 3 is 2.47 bits per heavy atom. The van der Waals surface area contributed by atoms with Gasteiger partial charge in [0.25, 0.3) is 0 Å². The summed E-state index contributed by atoms with van der Waals surface area (Å²) in [5.41, 5.74) is 3.38. The Bertz CT molecular complexity index is 1320. The summed E-state index contributed by atoms with van der Waals surface area (Å²) in [6, 6.07) is 14.9. The first kappa shape index (κ1) is 29.5. The molecule has 3 aliphatic heterocycles. The number of anilines is 1. The number of hydrogen-bond donors (Lipinski definition) is 2. The van der Waals surface area contributed by atoms with Gasteiger partial charge in [-0.3, -0.25) is 14.4 Å². The molecule has 6 rings (SSSR count). The van der Waals surface area contributed by atoms with E-state index >= 15 is 0 Å². The van der Waals surface area contributed by atoms with E-state index in [9.17, 15) is 14.4 Å². The Balaban J connectivity index is 1.30. The molecule has 1 aliphatic carbocycles. The monoisotopic (exact) mass is 586 g/mol. The first-order valence-electron chi connectivity index (χ1n) is 16.5. The summed E-state index contributed by atoms with van der Waals surface area (Å²) >= 11 is 0. The average Bonchev–Trinajstić information content (AvgIpc) is 3.41. The molecule has 1 saturated carbocycles. The molecule has 4 aliphatic rings. The maximum Gasteiger partial charge on any atom is 0.246 e. The number of nitrogens with one attached hydrogen (secondary N) is 2. The lowest BCUT2D eigenvalue weighted by Gasteiger charge is -2.46.